The normalized spacial score (nSPS) is 13.5. The molecule has 4 rings (SSSR count). The Balaban J connectivity index is 1.51. The molecular weight excluding hydrogens is 395 g/mol. The minimum absolute atomic E-state index is 0.00338. The molecule has 5 nitrogen and oxygen atoms in total. The van der Waals surface area contributed by atoms with Gasteiger partial charge in [-0.05, 0) is 29.8 Å². The molecule has 0 aliphatic carbocycles. The fraction of sp³-hybridized carbons (Fsp3) is 0.158. The number of alkyl halides is 3. The van der Waals surface area contributed by atoms with Crippen LogP contribution in [-0.2, 0) is 13.1 Å². The molecule has 2 heterocycles. The van der Waals surface area contributed by atoms with E-state index >= 15 is 0 Å². The second-order valence-electron chi connectivity index (χ2n) is 6.31. The Morgan fingerprint density at radius 3 is 2.69 bits per heavy atom. The Hall–Kier alpha value is -3.43. The van der Waals surface area contributed by atoms with Crippen molar-refractivity contribution in [3.63, 3.8) is 0 Å². The van der Waals surface area contributed by atoms with Crippen molar-refractivity contribution in [1.29, 1.82) is 0 Å². The summed E-state index contributed by atoms with van der Waals surface area (Å²) in [4.78, 5) is 7.21. The van der Waals surface area contributed by atoms with E-state index in [4.69, 9.17) is 0 Å². The van der Waals surface area contributed by atoms with E-state index in [1.54, 1.807) is 11.1 Å². The lowest BCUT2D eigenvalue weighted by Gasteiger charge is -2.21. The number of hydrogen-bond donors (Lipinski definition) is 1. The van der Waals surface area contributed by atoms with Gasteiger partial charge >= 0.3 is 6.36 Å². The number of aromatic amines is 1. The van der Waals surface area contributed by atoms with Gasteiger partial charge in [-0.3, -0.25) is 5.01 Å². The predicted octanol–water partition coefficient (Wildman–Crippen LogP) is 4.60. The number of hydrazone groups is 1. The quantitative estimate of drug-likeness (QED) is 0.642. The summed E-state index contributed by atoms with van der Waals surface area (Å²) in [5, 5.41) is 5.81. The van der Waals surface area contributed by atoms with Crippen molar-refractivity contribution < 1.29 is 26.7 Å². The van der Waals surface area contributed by atoms with Crippen LogP contribution in [-0.4, -0.2) is 27.6 Å². The summed E-state index contributed by atoms with van der Waals surface area (Å²) in [5.41, 5.74) is 1.66. The van der Waals surface area contributed by atoms with E-state index in [0.29, 0.717) is 17.0 Å². The summed E-state index contributed by atoms with van der Waals surface area (Å²) >= 11 is 0. The highest BCUT2D eigenvalue weighted by atomic mass is 19.4. The fourth-order valence-electron chi connectivity index (χ4n) is 2.97. The van der Waals surface area contributed by atoms with E-state index in [0.717, 1.165) is 6.07 Å². The predicted molar refractivity (Wildman–Crippen MR) is 93.9 cm³/mol. The molecule has 1 aromatic heterocycles. The van der Waals surface area contributed by atoms with Gasteiger partial charge in [-0.25, -0.2) is 13.8 Å². The highest BCUT2D eigenvalue weighted by Gasteiger charge is 2.31. The lowest BCUT2D eigenvalue weighted by atomic mass is 10.2. The molecule has 0 radical (unpaired) electrons. The SMILES string of the molecule is Fc1cccc(-c2nc3c([nH]2)C=NN(Cc2cccc(OC(F)(F)F)c2)C3)c1F. The number of ether oxygens (including phenoxy) is 1. The molecule has 0 unspecified atom stereocenters. The second kappa shape index (κ2) is 7.19. The molecule has 1 N–H and O–H groups in total. The monoisotopic (exact) mass is 408 g/mol. The van der Waals surface area contributed by atoms with Gasteiger partial charge in [0.05, 0.1) is 36.3 Å². The molecule has 150 valence electrons. The molecule has 3 aromatic rings. The van der Waals surface area contributed by atoms with Crippen molar-refractivity contribution in [3.05, 3.63) is 71.1 Å². The van der Waals surface area contributed by atoms with Crippen molar-refractivity contribution in [2.75, 3.05) is 0 Å². The van der Waals surface area contributed by atoms with Gasteiger partial charge in [0, 0.05) is 0 Å². The van der Waals surface area contributed by atoms with Gasteiger partial charge in [0.15, 0.2) is 11.6 Å². The van der Waals surface area contributed by atoms with Crippen LogP contribution < -0.4 is 4.74 Å². The number of aromatic nitrogens is 2. The maximum Gasteiger partial charge on any atom is 0.573 e. The molecule has 1 aliphatic rings. The Morgan fingerprint density at radius 1 is 1.10 bits per heavy atom. The summed E-state index contributed by atoms with van der Waals surface area (Å²) < 4.78 is 68.5. The van der Waals surface area contributed by atoms with E-state index in [1.807, 2.05) is 0 Å². The summed E-state index contributed by atoms with van der Waals surface area (Å²) in [6.45, 7) is 0.450. The average Bonchev–Trinajstić information content (AvgIpc) is 3.06. The van der Waals surface area contributed by atoms with Crippen molar-refractivity contribution in [2.45, 2.75) is 19.5 Å². The molecular formula is C19H13F5N4O. The van der Waals surface area contributed by atoms with Crippen LogP contribution in [0.4, 0.5) is 22.0 Å². The smallest absolute Gasteiger partial charge is 0.406 e. The van der Waals surface area contributed by atoms with Crippen LogP contribution in [0.25, 0.3) is 11.4 Å². The van der Waals surface area contributed by atoms with Gasteiger partial charge in [0.2, 0.25) is 0 Å². The second-order valence-corrected chi connectivity index (χ2v) is 6.31. The molecule has 0 saturated heterocycles. The minimum atomic E-state index is -4.77. The molecule has 10 heteroatoms. The van der Waals surface area contributed by atoms with Crippen LogP contribution in [0.5, 0.6) is 5.75 Å². The van der Waals surface area contributed by atoms with Crippen LogP contribution in [0, 0.1) is 11.6 Å². The third-order valence-corrected chi connectivity index (χ3v) is 4.20. The third-order valence-electron chi connectivity index (χ3n) is 4.20. The third kappa shape index (κ3) is 4.20. The van der Waals surface area contributed by atoms with Crippen molar-refractivity contribution in [1.82, 2.24) is 15.0 Å². The van der Waals surface area contributed by atoms with Crippen LogP contribution >= 0.6 is 0 Å². The Kier molecular flexibility index (Phi) is 4.69. The van der Waals surface area contributed by atoms with Crippen LogP contribution in [0.2, 0.25) is 0 Å². The Morgan fingerprint density at radius 2 is 1.90 bits per heavy atom. The first kappa shape index (κ1) is 18.9. The highest BCUT2D eigenvalue weighted by molar-refractivity contribution is 5.80. The van der Waals surface area contributed by atoms with Gasteiger partial charge in [-0.1, -0.05) is 18.2 Å². The number of halogens is 5. The van der Waals surface area contributed by atoms with E-state index in [9.17, 15) is 22.0 Å². The van der Waals surface area contributed by atoms with Crippen molar-refractivity contribution >= 4 is 6.21 Å². The minimum Gasteiger partial charge on any atom is -0.406 e. The topological polar surface area (TPSA) is 53.5 Å². The zero-order chi connectivity index (χ0) is 20.6. The number of nitrogens with zero attached hydrogens (tertiary/aromatic N) is 3. The summed E-state index contributed by atoms with van der Waals surface area (Å²) in [5.74, 6) is -2.14. The van der Waals surface area contributed by atoms with Crippen LogP contribution in [0.1, 0.15) is 17.0 Å². The number of hydrogen-bond acceptors (Lipinski definition) is 4. The standard InChI is InChI=1S/C19H13F5N4O/c20-14-6-2-5-13(17(14)21)18-26-15-8-25-28(10-16(15)27-18)9-11-3-1-4-12(7-11)29-19(22,23)24/h1-8H,9-10H2,(H,26,27). The average molecular weight is 408 g/mol. The van der Waals surface area contributed by atoms with E-state index in [-0.39, 0.29) is 30.2 Å². The largest absolute Gasteiger partial charge is 0.573 e. The number of imidazole rings is 1. The maximum absolute atomic E-state index is 14.0. The lowest BCUT2D eigenvalue weighted by molar-refractivity contribution is -0.274. The van der Waals surface area contributed by atoms with E-state index in [1.165, 1.54) is 36.5 Å². The first-order valence-electron chi connectivity index (χ1n) is 8.45. The van der Waals surface area contributed by atoms with Gasteiger partial charge in [-0.2, -0.15) is 5.10 Å². The molecule has 0 saturated carbocycles. The first-order chi connectivity index (χ1) is 13.8. The lowest BCUT2D eigenvalue weighted by Crippen LogP contribution is -2.21. The summed E-state index contributed by atoms with van der Waals surface area (Å²) in [7, 11) is 0. The van der Waals surface area contributed by atoms with Gasteiger partial charge < -0.3 is 9.72 Å². The molecule has 29 heavy (non-hydrogen) atoms. The van der Waals surface area contributed by atoms with E-state index < -0.39 is 18.0 Å². The summed E-state index contributed by atoms with van der Waals surface area (Å²) in [6, 6.07) is 9.39. The number of fused-ring (bicyclic) bond motifs is 1. The van der Waals surface area contributed by atoms with Gasteiger partial charge in [0.1, 0.15) is 11.6 Å². The van der Waals surface area contributed by atoms with Crippen LogP contribution in [0.3, 0.4) is 0 Å². The van der Waals surface area contributed by atoms with Crippen molar-refractivity contribution in [2.24, 2.45) is 5.10 Å². The van der Waals surface area contributed by atoms with Crippen molar-refractivity contribution in [3.8, 4) is 17.1 Å². The Bertz CT molecular complexity index is 1080. The molecule has 0 amide bonds. The molecule has 0 bridgehead atoms. The number of nitrogens with one attached hydrogen (secondary N) is 1. The Labute approximate surface area is 161 Å². The first-order valence-corrected chi connectivity index (χ1v) is 8.45. The maximum atomic E-state index is 14.0. The van der Waals surface area contributed by atoms with Gasteiger partial charge in [0.25, 0.3) is 0 Å². The molecule has 1 aliphatic heterocycles. The van der Waals surface area contributed by atoms with Crippen LogP contribution in [0.15, 0.2) is 47.6 Å². The zero-order valence-corrected chi connectivity index (χ0v) is 14.7. The zero-order valence-electron chi connectivity index (χ0n) is 14.7. The molecule has 0 atom stereocenters. The number of H-pyrrole nitrogens is 1. The fourth-order valence-corrected chi connectivity index (χ4v) is 2.97. The summed E-state index contributed by atoms with van der Waals surface area (Å²) in [6.07, 6.45) is -3.29. The number of benzene rings is 2. The van der Waals surface area contributed by atoms with E-state index in [2.05, 4.69) is 19.8 Å². The molecule has 0 spiro atoms. The molecule has 2 aromatic carbocycles. The number of rotatable bonds is 4. The molecule has 0 fully saturated rings. The van der Waals surface area contributed by atoms with Gasteiger partial charge in [-0.15, -0.1) is 13.2 Å². The highest BCUT2D eigenvalue weighted by Crippen LogP contribution is 2.27.